The third-order valence-electron chi connectivity index (χ3n) is 4.46. The molecule has 0 radical (unpaired) electrons. The van der Waals surface area contributed by atoms with E-state index in [4.69, 9.17) is 0 Å². The number of rotatable bonds is 0. The quantitative estimate of drug-likeness (QED) is 0.492. The zero-order valence-corrected chi connectivity index (χ0v) is 10.2. The van der Waals surface area contributed by atoms with Crippen molar-refractivity contribution in [2.24, 2.45) is 0 Å². The number of hydrogen-bond acceptors (Lipinski definition) is 0. The second-order valence-electron chi connectivity index (χ2n) is 5.09. The molecule has 0 unspecified atom stereocenters. The van der Waals surface area contributed by atoms with Crippen LogP contribution in [-0.2, 0) is 0 Å². The van der Waals surface area contributed by atoms with E-state index >= 15 is 0 Å². The molecule has 0 N–H and O–H groups in total. The van der Waals surface area contributed by atoms with E-state index in [1.54, 1.807) is 0 Å². The monoisotopic (exact) mass is 172 g/mol. The Morgan fingerprint density at radius 3 is 1.00 bits per heavy atom. The molecule has 1 fully saturated rings. The van der Waals surface area contributed by atoms with Gasteiger partial charge in [-0.2, -0.15) is 0 Å². The molecule has 0 nitrogen and oxygen atoms in total. The van der Waals surface area contributed by atoms with Gasteiger partial charge in [-0.1, -0.05) is 50.4 Å². The van der Waals surface area contributed by atoms with E-state index in [0.29, 0.717) is 0 Å². The van der Waals surface area contributed by atoms with Gasteiger partial charge in [0.1, 0.15) is 0 Å². The highest BCUT2D eigenvalue weighted by Crippen LogP contribution is 2.56. The highest BCUT2D eigenvalue weighted by Gasteiger charge is 2.58. The summed E-state index contributed by atoms with van der Waals surface area (Å²) in [7, 11) is -1.46. The molecular weight excluding hydrogens is 152 g/mol. The molecule has 0 aromatic rings. The predicted molar refractivity (Wildman–Crippen MR) is 53.8 cm³/mol. The van der Waals surface area contributed by atoms with Crippen molar-refractivity contribution in [1.29, 1.82) is 0 Å². The lowest BCUT2D eigenvalue weighted by atomic mass is 10.9. The van der Waals surface area contributed by atoms with Crippen LogP contribution in [0.25, 0.3) is 0 Å². The van der Waals surface area contributed by atoms with Gasteiger partial charge in [0.15, 0.2) is 0 Å². The maximum absolute atomic E-state index is 2.56. The summed E-state index contributed by atoms with van der Waals surface area (Å²) in [6, 6.07) is 0. The van der Waals surface area contributed by atoms with E-state index < -0.39 is 16.1 Å². The fraction of sp³-hybridized carbons (Fsp3) is 1.00. The molecule has 1 aliphatic rings. The molecule has 0 bridgehead atoms. The van der Waals surface area contributed by atoms with Gasteiger partial charge in [0, 0.05) is 16.1 Å². The van der Waals surface area contributed by atoms with E-state index in [-0.39, 0.29) is 0 Å². The van der Waals surface area contributed by atoms with Crippen molar-refractivity contribution in [3.8, 4) is 0 Å². The maximum atomic E-state index is 2.56. The first-order valence-electron chi connectivity index (χ1n) is 4.31. The summed E-state index contributed by atoms with van der Waals surface area (Å²) in [4.78, 5) is 0. The van der Waals surface area contributed by atoms with Crippen molar-refractivity contribution in [3.05, 3.63) is 0 Å². The lowest BCUT2D eigenvalue weighted by Gasteiger charge is -2.60. The Labute approximate surface area is 67.0 Å². The van der Waals surface area contributed by atoms with Crippen molar-refractivity contribution >= 4 is 16.1 Å². The van der Waals surface area contributed by atoms with Gasteiger partial charge < -0.3 is 0 Å². The van der Waals surface area contributed by atoms with E-state index in [1.807, 2.05) is 0 Å². The van der Waals surface area contributed by atoms with Crippen molar-refractivity contribution in [2.75, 3.05) is 0 Å². The third-order valence-corrected chi connectivity index (χ3v) is 22.3. The van der Waals surface area contributed by atoms with Crippen LogP contribution >= 0.6 is 0 Å². The van der Waals surface area contributed by atoms with Crippen molar-refractivity contribution < 1.29 is 0 Å². The highest BCUT2D eigenvalue weighted by atomic mass is 28.5. The molecule has 0 saturated carbocycles. The van der Waals surface area contributed by atoms with Crippen molar-refractivity contribution in [1.82, 2.24) is 0 Å². The Morgan fingerprint density at radius 1 is 0.700 bits per heavy atom. The Kier molecular flexibility index (Phi) is 1.68. The molecule has 0 aromatic heterocycles. The molecule has 1 rings (SSSR count). The molecule has 1 saturated heterocycles. The summed E-state index contributed by atoms with van der Waals surface area (Å²) in [5.74, 6) is 0. The molecule has 0 spiro atoms. The minimum Gasteiger partial charge on any atom is -0.0694 e. The van der Waals surface area contributed by atoms with Gasteiger partial charge in [-0.15, -0.1) is 0 Å². The summed E-state index contributed by atoms with van der Waals surface area (Å²) in [5.41, 5.74) is 0. The van der Waals surface area contributed by atoms with Gasteiger partial charge in [-0.3, -0.25) is 0 Å². The van der Waals surface area contributed by atoms with Gasteiger partial charge in [-0.25, -0.2) is 0 Å². The lowest BCUT2D eigenvalue weighted by molar-refractivity contribution is 0.954. The molecule has 0 amide bonds. The lowest BCUT2D eigenvalue weighted by Crippen LogP contribution is -2.66. The van der Waals surface area contributed by atoms with Gasteiger partial charge in [0.2, 0.25) is 0 Å². The molecule has 0 aromatic carbocycles. The summed E-state index contributed by atoms with van der Waals surface area (Å²) < 4.78 is 0. The largest absolute Gasteiger partial charge is 0.0694 e. The van der Waals surface area contributed by atoms with Crippen LogP contribution in [0.15, 0.2) is 0 Å². The summed E-state index contributed by atoms with van der Waals surface area (Å²) in [5, 5.41) is 2.30. The SMILES string of the molecule is CC1[Si](C)(C)C(C)[Si]1(C)C. The Balaban J connectivity index is 2.78. The Hall–Kier alpha value is 0.434. The van der Waals surface area contributed by atoms with Crippen LogP contribution in [0.3, 0.4) is 0 Å². The van der Waals surface area contributed by atoms with Crippen LogP contribution < -0.4 is 0 Å². The first-order chi connectivity index (χ1) is 4.31. The van der Waals surface area contributed by atoms with Crippen LogP contribution in [-0.4, -0.2) is 16.1 Å². The van der Waals surface area contributed by atoms with Crippen LogP contribution in [0.1, 0.15) is 13.8 Å². The zero-order chi connectivity index (χ0) is 8.15. The van der Waals surface area contributed by atoms with E-state index in [0.717, 1.165) is 10.3 Å². The van der Waals surface area contributed by atoms with Gasteiger partial charge in [-0.05, 0) is 0 Å². The second kappa shape index (κ2) is 1.97. The second-order valence-corrected chi connectivity index (χ2v) is 17.0. The van der Waals surface area contributed by atoms with Gasteiger partial charge in [0.05, 0.1) is 0 Å². The molecule has 1 heterocycles. The van der Waals surface area contributed by atoms with E-state index in [1.165, 1.54) is 0 Å². The summed E-state index contributed by atoms with van der Waals surface area (Å²) in [6.07, 6.45) is 0. The molecule has 60 valence electrons. The van der Waals surface area contributed by atoms with Crippen LogP contribution in [0.2, 0.25) is 36.5 Å². The highest BCUT2D eigenvalue weighted by molar-refractivity contribution is 7.15. The standard InChI is InChI=1S/C8H20Si2/c1-7-9(3,4)8(2)10(7,5)6/h7-8H,1-6H3. The fourth-order valence-corrected chi connectivity index (χ4v) is 21.1. The van der Waals surface area contributed by atoms with Crippen molar-refractivity contribution in [3.63, 3.8) is 0 Å². The summed E-state index contributed by atoms with van der Waals surface area (Å²) >= 11 is 0. The van der Waals surface area contributed by atoms with E-state index in [2.05, 4.69) is 40.0 Å². The first kappa shape index (κ1) is 8.53. The van der Waals surface area contributed by atoms with Crippen molar-refractivity contribution in [2.45, 2.75) is 50.4 Å². The average Bonchev–Trinajstić information content (AvgIpc) is 1.84. The normalized spacial score (nSPS) is 42.6. The van der Waals surface area contributed by atoms with Crippen LogP contribution in [0, 0.1) is 0 Å². The smallest absolute Gasteiger partial charge is 0.0477 e. The minimum absolute atomic E-state index is 0.731. The first-order valence-corrected chi connectivity index (χ1v) is 10.6. The molecule has 2 heteroatoms. The topological polar surface area (TPSA) is 0 Å². The molecule has 10 heavy (non-hydrogen) atoms. The third kappa shape index (κ3) is 0.781. The average molecular weight is 172 g/mol. The zero-order valence-electron chi connectivity index (χ0n) is 8.15. The molecular formula is C8H20Si2. The minimum atomic E-state index is -0.731. The Morgan fingerprint density at radius 2 is 0.900 bits per heavy atom. The Bertz CT molecular complexity index is 119. The molecule has 0 aliphatic carbocycles. The summed E-state index contributed by atoms with van der Waals surface area (Å²) in [6.45, 7) is 15.2. The molecule has 0 atom stereocenters. The van der Waals surface area contributed by atoms with Gasteiger partial charge >= 0.3 is 0 Å². The number of hydrogen-bond donors (Lipinski definition) is 0. The fourth-order valence-electron chi connectivity index (χ4n) is 2.57. The van der Waals surface area contributed by atoms with Crippen LogP contribution in [0.4, 0.5) is 0 Å². The molecule has 1 aliphatic heterocycles. The predicted octanol–water partition coefficient (Wildman–Crippen LogP) is 3.28. The van der Waals surface area contributed by atoms with Gasteiger partial charge in [0.25, 0.3) is 0 Å². The maximum Gasteiger partial charge on any atom is 0.0477 e. The van der Waals surface area contributed by atoms with Crippen LogP contribution in [0.5, 0.6) is 0 Å². The van der Waals surface area contributed by atoms with E-state index in [9.17, 15) is 0 Å².